The predicted molar refractivity (Wildman–Crippen MR) is 102 cm³/mol. The average Bonchev–Trinajstić information content (AvgIpc) is 3.06. The Morgan fingerprint density at radius 2 is 2.00 bits per heavy atom. The highest BCUT2D eigenvalue weighted by atomic mass is 16.5. The number of hydrogen-bond acceptors (Lipinski definition) is 6. The monoisotopic (exact) mass is 386 g/mol. The average molecular weight is 386 g/mol. The molecule has 7 nitrogen and oxygen atoms in total. The predicted octanol–water partition coefficient (Wildman–Crippen LogP) is 3.29. The van der Waals surface area contributed by atoms with Crippen LogP contribution < -0.4 is 4.74 Å². The first kappa shape index (κ1) is 19.9. The van der Waals surface area contributed by atoms with E-state index in [2.05, 4.69) is 5.16 Å². The lowest BCUT2D eigenvalue weighted by Crippen LogP contribution is -2.41. The van der Waals surface area contributed by atoms with E-state index in [1.165, 1.54) is 0 Å². The molecule has 3 rings (SSSR count). The fraction of sp³-hybridized carbons (Fsp3) is 0.476. The number of rotatable bonds is 6. The van der Waals surface area contributed by atoms with Crippen LogP contribution in [0.3, 0.4) is 0 Å². The molecule has 1 aromatic heterocycles. The van der Waals surface area contributed by atoms with Crippen molar-refractivity contribution in [1.82, 2.24) is 10.1 Å². The number of piperidine rings is 1. The third kappa shape index (κ3) is 4.52. The molecule has 0 saturated carbocycles. The van der Waals surface area contributed by atoms with Crippen molar-refractivity contribution in [3.63, 3.8) is 0 Å². The van der Waals surface area contributed by atoms with Crippen LogP contribution in [-0.4, -0.2) is 41.6 Å². The molecule has 0 unspecified atom stereocenters. The highest BCUT2D eigenvalue weighted by Gasteiger charge is 2.31. The van der Waals surface area contributed by atoms with Gasteiger partial charge in [0, 0.05) is 13.1 Å². The van der Waals surface area contributed by atoms with Gasteiger partial charge < -0.3 is 18.9 Å². The van der Waals surface area contributed by atoms with Gasteiger partial charge in [-0.25, -0.2) is 0 Å². The molecular formula is C21H26N2O5. The highest BCUT2D eigenvalue weighted by Crippen LogP contribution is 2.23. The summed E-state index contributed by atoms with van der Waals surface area (Å²) in [6.45, 7) is 7.13. The number of ether oxygens (including phenoxy) is 2. The van der Waals surface area contributed by atoms with E-state index < -0.39 is 0 Å². The maximum Gasteiger partial charge on any atom is 0.309 e. The van der Waals surface area contributed by atoms with E-state index >= 15 is 0 Å². The van der Waals surface area contributed by atoms with Crippen LogP contribution >= 0.6 is 0 Å². The molecule has 0 spiro atoms. The molecule has 150 valence electrons. The van der Waals surface area contributed by atoms with Crippen molar-refractivity contribution < 1.29 is 23.6 Å². The van der Waals surface area contributed by atoms with Gasteiger partial charge in [-0.1, -0.05) is 17.3 Å². The van der Waals surface area contributed by atoms with Crippen molar-refractivity contribution in [1.29, 1.82) is 0 Å². The van der Waals surface area contributed by atoms with Crippen LogP contribution in [0.2, 0.25) is 0 Å². The van der Waals surface area contributed by atoms with E-state index in [9.17, 15) is 9.59 Å². The first-order chi connectivity index (χ1) is 13.5. The summed E-state index contributed by atoms with van der Waals surface area (Å²) < 4.78 is 16.2. The van der Waals surface area contributed by atoms with Gasteiger partial charge in [-0.05, 0) is 51.3 Å². The van der Waals surface area contributed by atoms with E-state index in [1.54, 1.807) is 18.7 Å². The zero-order valence-corrected chi connectivity index (χ0v) is 16.6. The van der Waals surface area contributed by atoms with Gasteiger partial charge in [0.05, 0.1) is 18.1 Å². The Morgan fingerprint density at radius 3 is 2.68 bits per heavy atom. The van der Waals surface area contributed by atoms with Crippen LogP contribution in [0.1, 0.15) is 47.1 Å². The minimum Gasteiger partial charge on any atom is -0.489 e. The summed E-state index contributed by atoms with van der Waals surface area (Å²) in [5.41, 5.74) is 2.03. The topological polar surface area (TPSA) is 81.9 Å². The first-order valence-corrected chi connectivity index (χ1v) is 9.60. The van der Waals surface area contributed by atoms with E-state index in [0.717, 1.165) is 11.3 Å². The van der Waals surface area contributed by atoms with Gasteiger partial charge in [0.15, 0.2) is 5.69 Å². The molecular weight excluding hydrogens is 360 g/mol. The summed E-state index contributed by atoms with van der Waals surface area (Å²) in [4.78, 5) is 26.5. The Bertz CT molecular complexity index is 837. The molecule has 1 aliphatic heterocycles. The summed E-state index contributed by atoms with van der Waals surface area (Å²) in [5.74, 6) is 0.778. The number of likely N-dealkylation sites (tertiary alicyclic amines) is 1. The fourth-order valence-electron chi connectivity index (χ4n) is 3.32. The van der Waals surface area contributed by atoms with Gasteiger partial charge in [0.2, 0.25) is 0 Å². The molecule has 28 heavy (non-hydrogen) atoms. The molecule has 1 amide bonds. The number of amides is 1. The second-order valence-electron chi connectivity index (χ2n) is 6.99. The molecule has 0 radical (unpaired) electrons. The van der Waals surface area contributed by atoms with E-state index in [4.69, 9.17) is 14.0 Å². The summed E-state index contributed by atoms with van der Waals surface area (Å²) >= 11 is 0. The molecule has 0 atom stereocenters. The van der Waals surface area contributed by atoms with Crippen LogP contribution in [-0.2, 0) is 16.1 Å². The first-order valence-electron chi connectivity index (χ1n) is 9.60. The van der Waals surface area contributed by atoms with Crippen molar-refractivity contribution in [2.24, 2.45) is 5.92 Å². The van der Waals surface area contributed by atoms with Gasteiger partial charge in [-0.3, -0.25) is 9.59 Å². The van der Waals surface area contributed by atoms with Crippen molar-refractivity contribution in [2.75, 3.05) is 19.7 Å². The Balaban J connectivity index is 1.64. The minimum atomic E-state index is -0.193. The normalized spacial score (nSPS) is 14.8. The molecule has 1 fully saturated rings. The van der Waals surface area contributed by atoms with Crippen molar-refractivity contribution in [3.8, 4) is 5.75 Å². The smallest absolute Gasteiger partial charge is 0.309 e. The zero-order valence-electron chi connectivity index (χ0n) is 16.6. The SMILES string of the molecule is CCOC(=O)C1CCN(C(=O)c2noc(C)c2COc2cccc(C)c2)CC1. The number of benzene rings is 1. The largest absolute Gasteiger partial charge is 0.489 e. The summed E-state index contributed by atoms with van der Waals surface area (Å²) in [6, 6.07) is 7.72. The third-order valence-corrected chi connectivity index (χ3v) is 4.96. The number of carbonyl (C=O) groups excluding carboxylic acids is 2. The van der Waals surface area contributed by atoms with Crippen LogP contribution in [0.5, 0.6) is 5.75 Å². The highest BCUT2D eigenvalue weighted by molar-refractivity contribution is 5.94. The summed E-state index contributed by atoms with van der Waals surface area (Å²) in [5, 5.41) is 3.97. The molecule has 1 aromatic carbocycles. The number of aryl methyl sites for hydroxylation is 2. The summed E-state index contributed by atoms with van der Waals surface area (Å²) in [7, 11) is 0. The second-order valence-corrected chi connectivity index (χ2v) is 6.99. The lowest BCUT2D eigenvalue weighted by Gasteiger charge is -2.30. The van der Waals surface area contributed by atoms with Gasteiger partial charge in [-0.15, -0.1) is 0 Å². The Labute approximate surface area is 164 Å². The molecule has 2 aromatic rings. The maximum absolute atomic E-state index is 12.9. The third-order valence-electron chi connectivity index (χ3n) is 4.96. The van der Waals surface area contributed by atoms with E-state index in [-0.39, 0.29) is 30.1 Å². The van der Waals surface area contributed by atoms with E-state index in [0.29, 0.717) is 43.9 Å². The number of esters is 1. The van der Waals surface area contributed by atoms with Crippen LogP contribution in [0.15, 0.2) is 28.8 Å². The molecule has 2 heterocycles. The Hall–Kier alpha value is -2.83. The molecule has 0 aliphatic carbocycles. The lowest BCUT2D eigenvalue weighted by atomic mass is 9.96. The Morgan fingerprint density at radius 1 is 1.25 bits per heavy atom. The van der Waals surface area contributed by atoms with Gasteiger partial charge in [0.1, 0.15) is 18.1 Å². The van der Waals surface area contributed by atoms with Gasteiger partial charge in [-0.2, -0.15) is 0 Å². The quantitative estimate of drug-likeness (QED) is 0.709. The van der Waals surface area contributed by atoms with E-state index in [1.807, 2.05) is 31.2 Å². The van der Waals surface area contributed by atoms with Crippen LogP contribution in [0.4, 0.5) is 0 Å². The molecule has 7 heteroatoms. The van der Waals surface area contributed by atoms with Gasteiger partial charge >= 0.3 is 5.97 Å². The number of carbonyl (C=O) groups is 2. The number of nitrogens with zero attached hydrogens (tertiary/aromatic N) is 2. The maximum atomic E-state index is 12.9. The van der Waals surface area contributed by atoms with Crippen LogP contribution in [0, 0.1) is 19.8 Å². The molecule has 1 saturated heterocycles. The minimum absolute atomic E-state index is 0.146. The number of hydrogen-bond donors (Lipinski definition) is 0. The molecule has 1 aliphatic rings. The molecule has 0 N–H and O–H groups in total. The summed E-state index contributed by atoms with van der Waals surface area (Å²) in [6.07, 6.45) is 1.19. The van der Waals surface area contributed by atoms with Gasteiger partial charge in [0.25, 0.3) is 5.91 Å². The number of aromatic nitrogens is 1. The second kappa shape index (κ2) is 8.91. The standard InChI is InChI=1S/C21H26N2O5/c1-4-26-21(25)16-8-10-23(11-9-16)20(24)19-18(15(3)28-22-19)13-27-17-7-5-6-14(2)12-17/h5-7,12,16H,4,8-11,13H2,1-3H3. The van der Waals surface area contributed by atoms with Crippen molar-refractivity contribution in [2.45, 2.75) is 40.2 Å². The lowest BCUT2D eigenvalue weighted by molar-refractivity contribution is -0.149. The van der Waals surface area contributed by atoms with Crippen LogP contribution in [0.25, 0.3) is 0 Å². The molecule has 0 bridgehead atoms. The fourth-order valence-corrected chi connectivity index (χ4v) is 3.32. The van der Waals surface area contributed by atoms with Crippen molar-refractivity contribution in [3.05, 3.63) is 46.8 Å². The zero-order chi connectivity index (χ0) is 20.1. The van der Waals surface area contributed by atoms with Crippen molar-refractivity contribution >= 4 is 11.9 Å². The Kier molecular flexibility index (Phi) is 6.34.